The van der Waals surface area contributed by atoms with Gasteiger partial charge < -0.3 is 21.3 Å². The SMILES string of the molecule is Cl.NC(=O)C1CCN(c2ccccc2NC(=O)c2ccn(C3CCCNC3)n2)CC1. The molecule has 4 rings (SSSR count). The maximum Gasteiger partial charge on any atom is 0.276 e. The molecule has 1 aromatic heterocycles. The second-order valence-corrected chi connectivity index (χ2v) is 7.82. The number of primary amides is 1. The summed E-state index contributed by atoms with van der Waals surface area (Å²) in [6.07, 6.45) is 5.54. The lowest BCUT2D eigenvalue weighted by atomic mass is 9.96. The number of hydrogen-bond acceptors (Lipinski definition) is 5. The van der Waals surface area contributed by atoms with E-state index in [9.17, 15) is 9.59 Å². The molecule has 162 valence electrons. The van der Waals surface area contributed by atoms with Gasteiger partial charge in [-0.3, -0.25) is 14.3 Å². The Bertz CT molecular complexity index is 872. The number of carbonyl (C=O) groups is 2. The molecular weight excluding hydrogens is 404 g/mol. The summed E-state index contributed by atoms with van der Waals surface area (Å²) in [6.45, 7) is 3.40. The van der Waals surface area contributed by atoms with Crippen molar-refractivity contribution in [3.63, 3.8) is 0 Å². The van der Waals surface area contributed by atoms with Crippen molar-refractivity contribution < 1.29 is 9.59 Å². The molecule has 0 radical (unpaired) electrons. The van der Waals surface area contributed by atoms with Gasteiger partial charge in [0.25, 0.3) is 5.91 Å². The van der Waals surface area contributed by atoms with E-state index < -0.39 is 0 Å². The molecule has 2 saturated heterocycles. The number of carbonyl (C=O) groups excluding carboxylic acids is 2. The number of benzene rings is 1. The molecule has 1 aromatic carbocycles. The van der Waals surface area contributed by atoms with Crippen molar-refractivity contribution in [1.82, 2.24) is 15.1 Å². The summed E-state index contributed by atoms with van der Waals surface area (Å²) in [6, 6.07) is 9.81. The van der Waals surface area contributed by atoms with E-state index in [0.717, 1.165) is 63.2 Å². The summed E-state index contributed by atoms with van der Waals surface area (Å²) >= 11 is 0. The van der Waals surface area contributed by atoms with Crippen LogP contribution in [-0.2, 0) is 4.79 Å². The van der Waals surface area contributed by atoms with Crippen LogP contribution in [0.2, 0.25) is 0 Å². The van der Waals surface area contributed by atoms with Crippen LogP contribution in [0.5, 0.6) is 0 Å². The topological polar surface area (TPSA) is 105 Å². The first-order chi connectivity index (χ1) is 14.1. The molecule has 1 atom stereocenters. The van der Waals surface area contributed by atoms with Crippen LogP contribution >= 0.6 is 12.4 Å². The minimum absolute atomic E-state index is 0. The zero-order chi connectivity index (χ0) is 20.2. The van der Waals surface area contributed by atoms with Gasteiger partial charge in [-0.15, -0.1) is 12.4 Å². The molecule has 0 saturated carbocycles. The first-order valence-corrected chi connectivity index (χ1v) is 10.3. The van der Waals surface area contributed by atoms with E-state index in [1.807, 2.05) is 35.1 Å². The molecule has 8 nitrogen and oxygen atoms in total. The van der Waals surface area contributed by atoms with Crippen LogP contribution in [0.25, 0.3) is 0 Å². The highest BCUT2D eigenvalue weighted by Crippen LogP contribution is 2.30. The average Bonchev–Trinajstić information content (AvgIpc) is 3.25. The van der Waals surface area contributed by atoms with Gasteiger partial charge in [0.05, 0.1) is 17.4 Å². The molecule has 0 aliphatic carbocycles. The molecule has 1 unspecified atom stereocenters. The van der Waals surface area contributed by atoms with Gasteiger partial charge in [0.1, 0.15) is 0 Å². The highest BCUT2D eigenvalue weighted by molar-refractivity contribution is 6.04. The molecule has 2 aromatic rings. The molecule has 0 bridgehead atoms. The van der Waals surface area contributed by atoms with E-state index in [1.54, 1.807) is 6.07 Å². The van der Waals surface area contributed by atoms with Gasteiger partial charge in [0.2, 0.25) is 5.91 Å². The maximum atomic E-state index is 12.8. The van der Waals surface area contributed by atoms with Gasteiger partial charge in [-0.1, -0.05) is 12.1 Å². The van der Waals surface area contributed by atoms with Gasteiger partial charge in [-0.2, -0.15) is 5.10 Å². The van der Waals surface area contributed by atoms with Gasteiger partial charge >= 0.3 is 0 Å². The minimum Gasteiger partial charge on any atom is -0.370 e. The zero-order valence-corrected chi connectivity index (χ0v) is 17.7. The largest absolute Gasteiger partial charge is 0.370 e. The van der Waals surface area contributed by atoms with Crippen LogP contribution in [-0.4, -0.2) is 47.8 Å². The van der Waals surface area contributed by atoms with Crippen molar-refractivity contribution >= 4 is 35.6 Å². The van der Waals surface area contributed by atoms with Crippen molar-refractivity contribution in [2.24, 2.45) is 11.7 Å². The third-order valence-electron chi connectivity index (χ3n) is 5.88. The molecule has 30 heavy (non-hydrogen) atoms. The van der Waals surface area contributed by atoms with Crippen LogP contribution < -0.4 is 21.3 Å². The Labute approximate surface area is 182 Å². The van der Waals surface area contributed by atoms with E-state index in [1.165, 1.54) is 0 Å². The first kappa shape index (κ1) is 22.1. The second kappa shape index (κ2) is 9.95. The number of nitrogens with two attached hydrogens (primary N) is 1. The molecule has 4 N–H and O–H groups in total. The van der Waals surface area contributed by atoms with Gasteiger partial charge in [0, 0.05) is 31.7 Å². The third kappa shape index (κ3) is 4.94. The summed E-state index contributed by atoms with van der Waals surface area (Å²) in [4.78, 5) is 26.4. The van der Waals surface area contributed by atoms with Gasteiger partial charge in [-0.05, 0) is 50.4 Å². The van der Waals surface area contributed by atoms with Crippen molar-refractivity contribution in [2.75, 3.05) is 36.4 Å². The van der Waals surface area contributed by atoms with Crippen LogP contribution in [0.15, 0.2) is 36.5 Å². The summed E-state index contributed by atoms with van der Waals surface area (Å²) < 4.78 is 1.89. The summed E-state index contributed by atoms with van der Waals surface area (Å²) in [5.41, 5.74) is 7.57. The monoisotopic (exact) mass is 432 g/mol. The molecular formula is C21H29ClN6O2. The predicted octanol–water partition coefficient (Wildman–Crippen LogP) is 2.18. The van der Waals surface area contributed by atoms with Crippen LogP contribution in [0.4, 0.5) is 11.4 Å². The quantitative estimate of drug-likeness (QED) is 0.671. The number of amides is 2. The average molecular weight is 433 g/mol. The number of rotatable bonds is 5. The molecule has 3 heterocycles. The molecule has 2 fully saturated rings. The number of aromatic nitrogens is 2. The minimum atomic E-state index is -0.227. The van der Waals surface area contributed by atoms with Gasteiger partial charge in [0.15, 0.2) is 5.69 Å². The predicted molar refractivity (Wildman–Crippen MR) is 119 cm³/mol. The van der Waals surface area contributed by atoms with E-state index in [-0.39, 0.29) is 30.1 Å². The Morgan fingerprint density at radius 3 is 2.60 bits per heavy atom. The molecule has 9 heteroatoms. The molecule has 2 amide bonds. The van der Waals surface area contributed by atoms with E-state index in [0.29, 0.717) is 11.7 Å². The summed E-state index contributed by atoms with van der Waals surface area (Å²) in [7, 11) is 0. The molecule has 2 aliphatic heterocycles. The highest BCUT2D eigenvalue weighted by atomic mass is 35.5. The number of piperidine rings is 2. The second-order valence-electron chi connectivity index (χ2n) is 7.82. The van der Waals surface area contributed by atoms with E-state index in [4.69, 9.17) is 5.73 Å². The zero-order valence-electron chi connectivity index (χ0n) is 16.9. The number of nitrogens with one attached hydrogen (secondary N) is 2. The Hall–Kier alpha value is -2.58. The lowest BCUT2D eigenvalue weighted by Crippen LogP contribution is -2.38. The number of anilines is 2. The van der Waals surface area contributed by atoms with Gasteiger partial charge in [-0.25, -0.2) is 0 Å². The van der Waals surface area contributed by atoms with E-state index >= 15 is 0 Å². The Morgan fingerprint density at radius 2 is 1.90 bits per heavy atom. The standard InChI is InChI=1S/C21H28N6O2.ClH/c22-20(28)15-7-11-26(12-8-15)19-6-2-1-5-17(19)24-21(29)18-9-13-27(25-18)16-4-3-10-23-14-16;/h1-2,5-6,9,13,15-16,23H,3-4,7-8,10-12,14H2,(H2,22,28)(H,24,29);1H. The smallest absolute Gasteiger partial charge is 0.276 e. The lowest BCUT2D eigenvalue weighted by molar-refractivity contribution is -0.122. The van der Waals surface area contributed by atoms with Crippen molar-refractivity contribution in [3.8, 4) is 0 Å². The Morgan fingerprint density at radius 1 is 1.13 bits per heavy atom. The fourth-order valence-electron chi connectivity index (χ4n) is 4.17. The fraction of sp³-hybridized carbons (Fsp3) is 0.476. The summed E-state index contributed by atoms with van der Waals surface area (Å²) in [5, 5.41) is 10.9. The number of nitrogens with zero attached hydrogens (tertiary/aromatic N) is 3. The Kier molecular flexibility index (Phi) is 7.33. The third-order valence-corrected chi connectivity index (χ3v) is 5.88. The fourth-order valence-corrected chi connectivity index (χ4v) is 4.17. The van der Waals surface area contributed by atoms with Crippen LogP contribution in [0.3, 0.4) is 0 Å². The Balaban J connectivity index is 0.00000256. The van der Waals surface area contributed by atoms with Crippen LogP contribution in [0.1, 0.15) is 42.2 Å². The van der Waals surface area contributed by atoms with Crippen molar-refractivity contribution in [1.29, 1.82) is 0 Å². The normalized spacial score (nSPS) is 19.7. The van der Waals surface area contributed by atoms with E-state index in [2.05, 4.69) is 20.6 Å². The molecule has 2 aliphatic rings. The number of halogens is 1. The van der Waals surface area contributed by atoms with Crippen LogP contribution in [0, 0.1) is 5.92 Å². The van der Waals surface area contributed by atoms with Crippen molar-refractivity contribution in [2.45, 2.75) is 31.7 Å². The maximum absolute atomic E-state index is 12.8. The summed E-state index contributed by atoms with van der Waals surface area (Å²) in [5.74, 6) is -0.506. The number of hydrogen-bond donors (Lipinski definition) is 3. The van der Waals surface area contributed by atoms with Crippen molar-refractivity contribution in [3.05, 3.63) is 42.2 Å². The highest BCUT2D eigenvalue weighted by Gasteiger charge is 2.25. The lowest BCUT2D eigenvalue weighted by Gasteiger charge is -2.33. The first-order valence-electron chi connectivity index (χ1n) is 10.3. The number of para-hydroxylation sites is 2. The molecule has 0 spiro atoms.